The van der Waals surface area contributed by atoms with Gasteiger partial charge in [0.25, 0.3) is 0 Å². The van der Waals surface area contributed by atoms with Gasteiger partial charge in [-0.1, -0.05) is 6.07 Å². The maximum absolute atomic E-state index is 5.27. The van der Waals surface area contributed by atoms with Crippen LogP contribution in [0.25, 0.3) is 0 Å². The summed E-state index contributed by atoms with van der Waals surface area (Å²) in [5.41, 5.74) is 1.19. The van der Waals surface area contributed by atoms with E-state index in [4.69, 9.17) is 4.74 Å². The normalized spacial score (nSPS) is 27.8. The summed E-state index contributed by atoms with van der Waals surface area (Å²) in [6, 6.07) is 9.69. The van der Waals surface area contributed by atoms with Crippen LogP contribution in [0.2, 0.25) is 0 Å². The molecule has 2 heterocycles. The van der Waals surface area contributed by atoms with Crippen LogP contribution in [0.4, 0.5) is 5.69 Å². The molecule has 18 heavy (non-hydrogen) atoms. The number of ether oxygens (including phenoxy) is 1. The third-order valence-corrected chi connectivity index (χ3v) is 4.26. The van der Waals surface area contributed by atoms with Crippen LogP contribution in [-0.4, -0.2) is 37.2 Å². The average Bonchev–Trinajstić information content (AvgIpc) is 2.86. The van der Waals surface area contributed by atoms with Crippen LogP contribution in [0.3, 0.4) is 0 Å². The fraction of sp³-hybridized carbons (Fsp3) is 0.600. The SMILES string of the molecule is COc1cccc(NC2CCN3CCCC3C2)c1. The van der Waals surface area contributed by atoms with Gasteiger partial charge < -0.3 is 15.0 Å². The third kappa shape index (κ3) is 2.46. The fourth-order valence-corrected chi connectivity index (χ4v) is 3.30. The number of nitrogens with one attached hydrogen (secondary N) is 1. The Hall–Kier alpha value is -1.22. The summed E-state index contributed by atoms with van der Waals surface area (Å²) in [5, 5.41) is 3.66. The molecule has 0 bridgehead atoms. The summed E-state index contributed by atoms with van der Waals surface area (Å²) in [6.45, 7) is 2.57. The van der Waals surface area contributed by atoms with E-state index < -0.39 is 0 Å². The van der Waals surface area contributed by atoms with Crippen LogP contribution in [0.1, 0.15) is 25.7 Å². The summed E-state index contributed by atoms with van der Waals surface area (Å²) in [5.74, 6) is 0.929. The molecule has 2 aliphatic rings. The Kier molecular flexibility index (Phi) is 3.41. The van der Waals surface area contributed by atoms with Crippen molar-refractivity contribution in [1.29, 1.82) is 0 Å². The van der Waals surface area contributed by atoms with Crippen LogP contribution >= 0.6 is 0 Å². The van der Waals surface area contributed by atoms with Gasteiger partial charge in [-0.25, -0.2) is 0 Å². The van der Waals surface area contributed by atoms with E-state index in [1.54, 1.807) is 7.11 Å². The third-order valence-electron chi connectivity index (χ3n) is 4.26. The van der Waals surface area contributed by atoms with Crippen molar-refractivity contribution in [3.63, 3.8) is 0 Å². The standard InChI is InChI=1S/C15H22N2O/c1-18-15-6-2-4-12(11-15)16-13-7-9-17-8-3-5-14(17)10-13/h2,4,6,11,13-14,16H,3,5,7-10H2,1H3. The maximum Gasteiger partial charge on any atom is 0.120 e. The Balaban J connectivity index is 1.62. The van der Waals surface area contributed by atoms with E-state index in [0.717, 1.165) is 11.8 Å². The van der Waals surface area contributed by atoms with Crippen molar-refractivity contribution in [2.75, 3.05) is 25.5 Å². The Bertz CT molecular complexity index is 407. The second kappa shape index (κ2) is 5.19. The Morgan fingerprint density at radius 3 is 3.11 bits per heavy atom. The molecular formula is C15H22N2O. The van der Waals surface area contributed by atoms with E-state index in [-0.39, 0.29) is 0 Å². The van der Waals surface area contributed by atoms with Crippen LogP contribution in [0, 0.1) is 0 Å². The number of benzene rings is 1. The van der Waals surface area contributed by atoms with Gasteiger partial charge in [-0.3, -0.25) is 0 Å². The summed E-state index contributed by atoms with van der Waals surface area (Å²) < 4.78 is 5.27. The van der Waals surface area contributed by atoms with Gasteiger partial charge in [-0.05, 0) is 44.4 Å². The second-order valence-electron chi connectivity index (χ2n) is 5.43. The molecule has 1 aromatic rings. The number of piperidine rings is 1. The molecule has 0 saturated carbocycles. The molecule has 2 fully saturated rings. The number of nitrogens with zero attached hydrogens (tertiary/aromatic N) is 1. The van der Waals surface area contributed by atoms with E-state index in [2.05, 4.69) is 22.3 Å². The molecular weight excluding hydrogens is 224 g/mol. The molecule has 2 aliphatic heterocycles. The topological polar surface area (TPSA) is 24.5 Å². The van der Waals surface area contributed by atoms with Gasteiger partial charge in [0.05, 0.1) is 7.11 Å². The van der Waals surface area contributed by atoms with Crippen molar-refractivity contribution in [3.8, 4) is 5.75 Å². The van der Waals surface area contributed by atoms with Gasteiger partial charge in [-0.15, -0.1) is 0 Å². The molecule has 98 valence electrons. The van der Waals surface area contributed by atoms with Crippen molar-refractivity contribution in [1.82, 2.24) is 4.90 Å². The molecule has 2 atom stereocenters. The van der Waals surface area contributed by atoms with Gasteiger partial charge in [0.2, 0.25) is 0 Å². The maximum atomic E-state index is 5.27. The molecule has 0 radical (unpaired) electrons. The predicted molar refractivity (Wildman–Crippen MR) is 74.2 cm³/mol. The number of anilines is 1. The lowest BCUT2D eigenvalue weighted by Crippen LogP contribution is -2.42. The highest BCUT2D eigenvalue weighted by molar-refractivity contribution is 5.48. The first-order valence-corrected chi connectivity index (χ1v) is 7.00. The lowest BCUT2D eigenvalue weighted by Gasteiger charge is -2.35. The minimum atomic E-state index is 0.622. The van der Waals surface area contributed by atoms with Crippen molar-refractivity contribution in [2.45, 2.75) is 37.8 Å². The van der Waals surface area contributed by atoms with Crippen LogP contribution in [0.15, 0.2) is 24.3 Å². The number of rotatable bonds is 3. The van der Waals surface area contributed by atoms with Crippen LogP contribution in [0.5, 0.6) is 5.75 Å². The lowest BCUT2D eigenvalue weighted by atomic mass is 9.97. The zero-order valence-corrected chi connectivity index (χ0v) is 11.1. The smallest absolute Gasteiger partial charge is 0.120 e. The summed E-state index contributed by atoms with van der Waals surface area (Å²) in [7, 11) is 1.72. The van der Waals surface area contributed by atoms with E-state index in [1.165, 1.54) is 44.5 Å². The van der Waals surface area contributed by atoms with E-state index >= 15 is 0 Å². The van der Waals surface area contributed by atoms with Crippen LogP contribution < -0.4 is 10.1 Å². The van der Waals surface area contributed by atoms with E-state index in [9.17, 15) is 0 Å². The Morgan fingerprint density at radius 1 is 1.28 bits per heavy atom. The molecule has 1 aromatic carbocycles. The molecule has 3 heteroatoms. The summed E-state index contributed by atoms with van der Waals surface area (Å²) in [4.78, 5) is 2.66. The summed E-state index contributed by atoms with van der Waals surface area (Å²) >= 11 is 0. The molecule has 0 aromatic heterocycles. The molecule has 1 N–H and O–H groups in total. The minimum Gasteiger partial charge on any atom is -0.497 e. The quantitative estimate of drug-likeness (QED) is 0.887. The van der Waals surface area contributed by atoms with Crippen molar-refractivity contribution in [3.05, 3.63) is 24.3 Å². The monoisotopic (exact) mass is 246 g/mol. The first kappa shape index (κ1) is 11.8. The number of hydrogen-bond acceptors (Lipinski definition) is 3. The zero-order chi connectivity index (χ0) is 12.4. The lowest BCUT2D eigenvalue weighted by molar-refractivity contribution is 0.188. The first-order valence-electron chi connectivity index (χ1n) is 7.00. The highest BCUT2D eigenvalue weighted by Crippen LogP contribution is 2.29. The average molecular weight is 246 g/mol. The number of fused-ring (bicyclic) bond motifs is 1. The van der Waals surface area contributed by atoms with Gasteiger partial charge in [0.1, 0.15) is 5.75 Å². The van der Waals surface area contributed by atoms with E-state index in [0.29, 0.717) is 6.04 Å². The van der Waals surface area contributed by atoms with Crippen molar-refractivity contribution < 1.29 is 4.74 Å². The molecule has 0 amide bonds. The van der Waals surface area contributed by atoms with Gasteiger partial charge in [-0.2, -0.15) is 0 Å². The highest BCUT2D eigenvalue weighted by Gasteiger charge is 2.31. The fourth-order valence-electron chi connectivity index (χ4n) is 3.30. The number of hydrogen-bond donors (Lipinski definition) is 1. The Morgan fingerprint density at radius 2 is 2.22 bits per heavy atom. The highest BCUT2D eigenvalue weighted by atomic mass is 16.5. The molecule has 3 nitrogen and oxygen atoms in total. The zero-order valence-electron chi connectivity index (χ0n) is 11.1. The largest absolute Gasteiger partial charge is 0.497 e. The molecule has 2 saturated heterocycles. The summed E-state index contributed by atoms with van der Waals surface area (Å²) in [6.07, 6.45) is 5.32. The van der Waals surface area contributed by atoms with Crippen molar-refractivity contribution >= 4 is 5.69 Å². The van der Waals surface area contributed by atoms with Gasteiger partial charge in [0.15, 0.2) is 0 Å². The molecule has 3 rings (SSSR count). The first-order chi connectivity index (χ1) is 8.85. The van der Waals surface area contributed by atoms with E-state index in [1.807, 2.05) is 12.1 Å². The second-order valence-corrected chi connectivity index (χ2v) is 5.43. The number of methoxy groups -OCH3 is 1. The van der Waals surface area contributed by atoms with Crippen molar-refractivity contribution in [2.24, 2.45) is 0 Å². The molecule has 2 unspecified atom stereocenters. The minimum absolute atomic E-state index is 0.622. The Labute approximate surface area is 109 Å². The van der Waals surface area contributed by atoms with Crippen LogP contribution in [-0.2, 0) is 0 Å². The predicted octanol–water partition coefficient (Wildman–Crippen LogP) is 2.73. The van der Waals surface area contributed by atoms with Gasteiger partial charge >= 0.3 is 0 Å². The molecule has 0 spiro atoms. The molecule has 0 aliphatic carbocycles. The van der Waals surface area contributed by atoms with Gasteiger partial charge in [0, 0.05) is 30.4 Å².